The topological polar surface area (TPSA) is 42.3 Å². The lowest BCUT2D eigenvalue weighted by atomic mass is 10.00. The van der Waals surface area contributed by atoms with Crippen LogP contribution in [0.4, 0.5) is 0 Å². The standard InChI is InChI=1S/C15H29ClN4O/c1-6-17-14(9-12(2)11-21-5)15-13(16)10-18-20(15)8-7-19(3)4/h10,12,14,17H,6-9,11H2,1-5H3. The molecule has 1 aromatic heterocycles. The Morgan fingerprint density at radius 3 is 2.76 bits per heavy atom. The quantitative estimate of drug-likeness (QED) is 0.720. The minimum Gasteiger partial charge on any atom is -0.384 e. The van der Waals surface area contributed by atoms with E-state index in [1.54, 1.807) is 13.3 Å². The second-order valence-corrected chi connectivity index (χ2v) is 6.22. The summed E-state index contributed by atoms with van der Waals surface area (Å²) in [6, 6.07) is 0.206. The average Bonchev–Trinajstić information content (AvgIpc) is 2.77. The van der Waals surface area contributed by atoms with Crippen molar-refractivity contribution in [2.75, 3.05) is 40.9 Å². The molecule has 0 aromatic carbocycles. The number of aromatic nitrogens is 2. The van der Waals surface area contributed by atoms with Crippen molar-refractivity contribution < 1.29 is 4.74 Å². The van der Waals surface area contributed by atoms with Crippen LogP contribution in [0.1, 0.15) is 32.0 Å². The Bertz CT molecular complexity index is 408. The van der Waals surface area contributed by atoms with Gasteiger partial charge in [0.05, 0.1) is 29.5 Å². The Balaban J connectivity index is 2.87. The minimum absolute atomic E-state index is 0.206. The Morgan fingerprint density at radius 1 is 1.48 bits per heavy atom. The first-order valence-electron chi connectivity index (χ1n) is 7.57. The second kappa shape index (κ2) is 9.41. The molecule has 0 aliphatic carbocycles. The summed E-state index contributed by atoms with van der Waals surface area (Å²) in [5.74, 6) is 0.465. The van der Waals surface area contributed by atoms with Crippen LogP contribution >= 0.6 is 11.6 Å². The van der Waals surface area contributed by atoms with Crippen LogP contribution in [0.25, 0.3) is 0 Å². The van der Waals surface area contributed by atoms with Crippen LogP contribution in [0.15, 0.2) is 6.20 Å². The summed E-state index contributed by atoms with van der Waals surface area (Å²) < 4.78 is 7.27. The summed E-state index contributed by atoms with van der Waals surface area (Å²) in [4.78, 5) is 2.15. The van der Waals surface area contributed by atoms with Gasteiger partial charge in [-0.25, -0.2) is 0 Å². The first kappa shape index (κ1) is 18.4. The highest BCUT2D eigenvalue weighted by atomic mass is 35.5. The van der Waals surface area contributed by atoms with Crippen LogP contribution in [-0.4, -0.2) is 55.6 Å². The number of nitrogens with one attached hydrogen (secondary N) is 1. The van der Waals surface area contributed by atoms with E-state index in [1.165, 1.54) is 0 Å². The van der Waals surface area contributed by atoms with Crippen molar-refractivity contribution >= 4 is 11.6 Å². The Morgan fingerprint density at radius 2 is 2.19 bits per heavy atom. The van der Waals surface area contributed by atoms with E-state index in [0.717, 1.165) is 43.4 Å². The third-order valence-corrected chi connectivity index (χ3v) is 3.75. The van der Waals surface area contributed by atoms with Crippen molar-refractivity contribution in [1.29, 1.82) is 0 Å². The Labute approximate surface area is 133 Å². The summed E-state index contributed by atoms with van der Waals surface area (Å²) >= 11 is 6.38. The van der Waals surface area contributed by atoms with Gasteiger partial charge in [-0.1, -0.05) is 25.4 Å². The molecule has 0 saturated heterocycles. The number of hydrogen-bond donors (Lipinski definition) is 1. The predicted octanol–water partition coefficient (Wildman–Crippen LogP) is 2.42. The lowest BCUT2D eigenvalue weighted by Crippen LogP contribution is -2.28. The predicted molar refractivity (Wildman–Crippen MR) is 87.9 cm³/mol. The summed E-state index contributed by atoms with van der Waals surface area (Å²) in [5.41, 5.74) is 1.09. The van der Waals surface area contributed by atoms with Gasteiger partial charge in [0.15, 0.2) is 0 Å². The second-order valence-electron chi connectivity index (χ2n) is 5.81. The molecule has 0 bridgehead atoms. The fourth-order valence-electron chi connectivity index (χ4n) is 2.48. The molecule has 5 nitrogen and oxygen atoms in total. The van der Waals surface area contributed by atoms with Crippen LogP contribution in [0.5, 0.6) is 0 Å². The van der Waals surface area contributed by atoms with E-state index in [1.807, 2.05) is 4.68 Å². The average molecular weight is 317 g/mol. The molecule has 0 spiro atoms. The fourth-order valence-corrected chi connectivity index (χ4v) is 2.76. The van der Waals surface area contributed by atoms with Crippen molar-refractivity contribution in [2.24, 2.45) is 5.92 Å². The first-order valence-corrected chi connectivity index (χ1v) is 7.95. The monoisotopic (exact) mass is 316 g/mol. The largest absolute Gasteiger partial charge is 0.384 e. The molecular weight excluding hydrogens is 288 g/mol. The molecule has 1 aromatic rings. The molecule has 0 aliphatic rings. The molecule has 2 atom stereocenters. The molecular formula is C15H29ClN4O. The van der Waals surface area contributed by atoms with Crippen molar-refractivity contribution in [3.8, 4) is 0 Å². The maximum atomic E-state index is 6.38. The number of hydrogen-bond acceptors (Lipinski definition) is 4. The van der Waals surface area contributed by atoms with Crippen molar-refractivity contribution in [3.05, 3.63) is 16.9 Å². The van der Waals surface area contributed by atoms with Crippen LogP contribution in [0.3, 0.4) is 0 Å². The van der Waals surface area contributed by atoms with Gasteiger partial charge in [0.2, 0.25) is 0 Å². The van der Waals surface area contributed by atoms with Gasteiger partial charge in [0.1, 0.15) is 0 Å². The molecule has 0 fully saturated rings. The van der Waals surface area contributed by atoms with E-state index in [4.69, 9.17) is 16.3 Å². The molecule has 0 saturated carbocycles. The van der Waals surface area contributed by atoms with Crippen molar-refractivity contribution in [1.82, 2.24) is 20.0 Å². The van der Waals surface area contributed by atoms with E-state index in [9.17, 15) is 0 Å². The lowest BCUT2D eigenvalue weighted by molar-refractivity contribution is 0.148. The van der Waals surface area contributed by atoms with E-state index >= 15 is 0 Å². The molecule has 0 aliphatic heterocycles. The first-order chi connectivity index (χ1) is 9.99. The molecule has 21 heavy (non-hydrogen) atoms. The number of rotatable bonds is 10. The number of ether oxygens (including phenoxy) is 1. The Kier molecular flexibility index (Phi) is 8.26. The molecule has 2 unspecified atom stereocenters. The number of nitrogens with zero attached hydrogens (tertiary/aromatic N) is 3. The van der Waals surface area contributed by atoms with E-state index in [-0.39, 0.29) is 6.04 Å². The maximum absolute atomic E-state index is 6.38. The molecule has 1 heterocycles. The Hall–Kier alpha value is -0.620. The minimum atomic E-state index is 0.206. The SMILES string of the molecule is CCNC(CC(C)COC)c1c(Cl)cnn1CCN(C)C. The van der Waals surface area contributed by atoms with Gasteiger partial charge in [0, 0.05) is 20.3 Å². The van der Waals surface area contributed by atoms with Crippen molar-refractivity contribution in [2.45, 2.75) is 32.9 Å². The van der Waals surface area contributed by atoms with Gasteiger partial charge in [-0.2, -0.15) is 5.10 Å². The molecule has 1 rings (SSSR count). The third-order valence-electron chi connectivity index (χ3n) is 3.46. The number of methoxy groups -OCH3 is 1. The van der Waals surface area contributed by atoms with Crippen molar-refractivity contribution in [3.63, 3.8) is 0 Å². The zero-order valence-electron chi connectivity index (χ0n) is 13.9. The van der Waals surface area contributed by atoms with Crippen LogP contribution < -0.4 is 5.32 Å². The summed E-state index contributed by atoms with van der Waals surface area (Å²) in [5, 5.41) is 8.70. The van der Waals surface area contributed by atoms with E-state index in [2.05, 4.69) is 43.3 Å². The zero-order valence-corrected chi connectivity index (χ0v) is 14.7. The molecule has 122 valence electrons. The zero-order chi connectivity index (χ0) is 15.8. The summed E-state index contributed by atoms with van der Waals surface area (Å²) in [6.07, 6.45) is 2.73. The van der Waals surface area contributed by atoms with Gasteiger partial charge in [-0.15, -0.1) is 0 Å². The smallest absolute Gasteiger partial charge is 0.0834 e. The third kappa shape index (κ3) is 5.94. The van der Waals surface area contributed by atoms with Gasteiger partial charge >= 0.3 is 0 Å². The van der Waals surface area contributed by atoms with Gasteiger partial charge < -0.3 is 15.0 Å². The number of likely N-dealkylation sites (N-methyl/N-ethyl adjacent to an activating group) is 1. The van der Waals surface area contributed by atoms with E-state index in [0.29, 0.717) is 5.92 Å². The van der Waals surface area contributed by atoms with Crippen LogP contribution in [-0.2, 0) is 11.3 Å². The molecule has 0 amide bonds. The fraction of sp³-hybridized carbons (Fsp3) is 0.800. The van der Waals surface area contributed by atoms with Gasteiger partial charge in [0.25, 0.3) is 0 Å². The maximum Gasteiger partial charge on any atom is 0.0834 e. The molecule has 1 N–H and O–H groups in total. The van der Waals surface area contributed by atoms with E-state index < -0.39 is 0 Å². The summed E-state index contributed by atoms with van der Waals surface area (Å²) in [6.45, 7) is 7.75. The lowest BCUT2D eigenvalue weighted by Gasteiger charge is -2.23. The van der Waals surface area contributed by atoms with Gasteiger partial charge in [-0.05, 0) is 33.0 Å². The van der Waals surface area contributed by atoms with Crippen LogP contribution in [0.2, 0.25) is 5.02 Å². The highest BCUT2D eigenvalue weighted by Gasteiger charge is 2.22. The summed E-state index contributed by atoms with van der Waals surface area (Å²) in [7, 11) is 5.87. The molecule has 0 radical (unpaired) electrons. The number of halogens is 1. The van der Waals surface area contributed by atoms with Crippen LogP contribution in [0, 0.1) is 5.92 Å². The highest BCUT2D eigenvalue weighted by molar-refractivity contribution is 6.31. The van der Waals surface area contributed by atoms with Gasteiger partial charge in [-0.3, -0.25) is 4.68 Å². The normalized spacial score (nSPS) is 14.6. The molecule has 6 heteroatoms. The highest BCUT2D eigenvalue weighted by Crippen LogP contribution is 2.28.